The zero-order chi connectivity index (χ0) is 11.3. The zero-order valence-electron chi connectivity index (χ0n) is 8.64. The SMILES string of the molecule is CC(CO)(CO)NCc1ccc(O)cn1. The number of pyridine rings is 1. The number of hydrogen-bond donors (Lipinski definition) is 4. The molecule has 0 aliphatic rings. The van der Waals surface area contributed by atoms with Gasteiger partial charge in [-0.25, -0.2) is 0 Å². The number of rotatable bonds is 5. The van der Waals surface area contributed by atoms with Gasteiger partial charge in [-0.05, 0) is 19.1 Å². The Bertz CT molecular complexity index is 296. The fraction of sp³-hybridized carbons (Fsp3) is 0.500. The highest BCUT2D eigenvalue weighted by Gasteiger charge is 2.21. The van der Waals surface area contributed by atoms with E-state index in [0.29, 0.717) is 6.54 Å². The molecule has 0 spiro atoms. The second-order valence-electron chi connectivity index (χ2n) is 3.74. The van der Waals surface area contributed by atoms with E-state index in [1.807, 2.05) is 0 Å². The normalized spacial score (nSPS) is 11.7. The van der Waals surface area contributed by atoms with Crippen molar-refractivity contribution >= 4 is 0 Å². The molecular weight excluding hydrogens is 196 g/mol. The van der Waals surface area contributed by atoms with Gasteiger partial charge in [0.15, 0.2) is 0 Å². The van der Waals surface area contributed by atoms with E-state index in [-0.39, 0.29) is 19.0 Å². The summed E-state index contributed by atoms with van der Waals surface area (Å²) in [6, 6.07) is 3.22. The fourth-order valence-electron chi connectivity index (χ4n) is 0.987. The predicted molar refractivity (Wildman–Crippen MR) is 55.3 cm³/mol. The number of nitrogens with zero attached hydrogens (tertiary/aromatic N) is 1. The molecule has 4 N–H and O–H groups in total. The van der Waals surface area contributed by atoms with Crippen molar-refractivity contribution in [3.05, 3.63) is 24.0 Å². The summed E-state index contributed by atoms with van der Waals surface area (Å²) < 4.78 is 0. The zero-order valence-corrected chi connectivity index (χ0v) is 8.64. The second kappa shape index (κ2) is 5.06. The minimum absolute atomic E-state index is 0.117. The van der Waals surface area contributed by atoms with E-state index in [4.69, 9.17) is 15.3 Å². The summed E-state index contributed by atoms with van der Waals surface area (Å²) in [4.78, 5) is 3.97. The van der Waals surface area contributed by atoms with Gasteiger partial charge < -0.3 is 20.6 Å². The molecule has 0 aromatic carbocycles. The van der Waals surface area contributed by atoms with E-state index in [0.717, 1.165) is 5.69 Å². The van der Waals surface area contributed by atoms with Gasteiger partial charge in [-0.2, -0.15) is 0 Å². The number of hydrogen-bond acceptors (Lipinski definition) is 5. The first-order valence-electron chi connectivity index (χ1n) is 4.70. The smallest absolute Gasteiger partial charge is 0.133 e. The molecule has 1 aromatic rings. The molecule has 0 fully saturated rings. The molecule has 1 aromatic heterocycles. The van der Waals surface area contributed by atoms with Crippen molar-refractivity contribution in [2.75, 3.05) is 13.2 Å². The lowest BCUT2D eigenvalue weighted by atomic mass is 10.1. The summed E-state index contributed by atoms with van der Waals surface area (Å²) in [5, 5.41) is 30.1. The molecule has 84 valence electrons. The van der Waals surface area contributed by atoms with Crippen LogP contribution in [0, 0.1) is 0 Å². The maximum atomic E-state index is 9.02. The van der Waals surface area contributed by atoms with E-state index in [2.05, 4.69) is 10.3 Å². The van der Waals surface area contributed by atoms with Crippen LogP contribution in [0.25, 0.3) is 0 Å². The van der Waals surface area contributed by atoms with Gasteiger partial charge in [-0.3, -0.25) is 4.98 Å². The van der Waals surface area contributed by atoms with Crippen molar-refractivity contribution in [3.63, 3.8) is 0 Å². The Morgan fingerprint density at radius 3 is 2.47 bits per heavy atom. The molecule has 0 bridgehead atoms. The van der Waals surface area contributed by atoms with Crippen LogP contribution in [-0.4, -0.2) is 39.1 Å². The molecule has 0 aliphatic carbocycles. The van der Waals surface area contributed by atoms with Crippen LogP contribution in [0.3, 0.4) is 0 Å². The third-order valence-electron chi connectivity index (χ3n) is 2.20. The summed E-state index contributed by atoms with van der Waals surface area (Å²) in [6.07, 6.45) is 1.35. The topological polar surface area (TPSA) is 85.6 Å². The Kier molecular flexibility index (Phi) is 4.02. The average molecular weight is 212 g/mol. The summed E-state index contributed by atoms with van der Waals surface area (Å²) in [5.74, 6) is 0.117. The van der Waals surface area contributed by atoms with Gasteiger partial charge in [0.25, 0.3) is 0 Å². The van der Waals surface area contributed by atoms with Crippen molar-refractivity contribution in [3.8, 4) is 5.75 Å². The highest BCUT2D eigenvalue weighted by molar-refractivity contribution is 5.17. The third-order valence-corrected chi connectivity index (χ3v) is 2.20. The van der Waals surface area contributed by atoms with Crippen molar-refractivity contribution in [2.45, 2.75) is 19.0 Å². The summed E-state index contributed by atoms with van der Waals surface area (Å²) in [6.45, 7) is 1.84. The van der Waals surface area contributed by atoms with E-state index in [1.165, 1.54) is 6.20 Å². The average Bonchev–Trinajstić information content (AvgIpc) is 2.28. The fourth-order valence-corrected chi connectivity index (χ4v) is 0.987. The molecule has 0 amide bonds. The van der Waals surface area contributed by atoms with Crippen LogP contribution in [0.5, 0.6) is 5.75 Å². The number of aliphatic hydroxyl groups excluding tert-OH is 2. The van der Waals surface area contributed by atoms with E-state index < -0.39 is 5.54 Å². The summed E-state index contributed by atoms with van der Waals surface area (Å²) in [5.41, 5.74) is 0.0282. The first-order valence-corrected chi connectivity index (χ1v) is 4.70. The highest BCUT2D eigenvalue weighted by Crippen LogP contribution is 2.07. The molecule has 0 unspecified atom stereocenters. The molecule has 0 radical (unpaired) electrons. The molecule has 0 atom stereocenters. The molecule has 1 rings (SSSR count). The van der Waals surface area contributed by atoms with Gasteiger partial charge in [-0.1, -0.05) is 0 Å². The first kappa shape index (κ1) is 11.9. The van der Waals surface area contributed by atoms with Crippen LogP contribution >= 0.6 is 0 Å². The van der Waals surface area contributed by atoms with Gasteiger partial charge in [0, 0.05) is 6.54 Å². The van der Waals surface area contributed by atoms with Gasteiger partial charge in [-0.15, -0.1) is 0 Å². The van der Waals surface area contributed by atoms with Crippen molar-refractivity contribution in [2.24, 2.45) is 0 Å². The Morgan fingerprint density at radius 1 is 1.33 bits per heavy atom. The highest BCUT2D eigenvalue weighted by atomic mass is 16.3. The molecule has 1 heterocycles. The standard InChI is InChI=1S/C10H16N2O3/c1-10(6-13,7-14)12-4-8-2-3-9(15)5-11-8/h2-3,5,12-15H,4,6-7H2,1H3. The third kappa shape index (κ3) is 3.47. The van der Waals surface area contributed by atoms with Crippen LogP contribution in [-0.2, 0) is 6.54 Å². The molecule has 5 heteroatoms. The van der Waals surface area contributed by atoms with E-state index in [9.17, 15) is 0 Å². The maximum Gasteiger partial charge on any atom is 0.133 e. The molecule has 0 saturated heterocycles. The summed E-state index contributed by atoms with van der Waals surface area (Å²) >= 11 is 0. The predicted octanol–water partition coefficient (Wildman–Crippen LogP) is -0.380. The Morgan fingerprint density at radius 2 is 2.00 bits per heavy atom. The molecule has 0 aliphatic heterocycles. The lowest BCUT2D eigenvalue weighted by molar-refractivity contribution is 0.103. The van der Waals surface area contributed by atoms with E-state index >= 15 is 0 Å². The van der Waals surface area contributed by atoms with Crippen LogP contribution in [0.1, 0.15) is 12.6 Å². The lowest BCUT2D eigenvalue weighted by Gasteiger charge is -2.26. The molecule has 0 saturated carbocycles. The quantitative estimate of drug-likeness (QED) is 0.534. The van der Waals surface area contributed by atoms with Crippen LogP contribution in [0.2, 0.25) is 0 Å². The number of aromatic nitrogens is 1. The Labute approximate surface area is 88.4 Å². The number of aliphatic hydroxyl groups is 2. The summed E-state index contributed by atoms with van der Waals surface area (Å²) in [7, 11) is 0. The minimum Gasteiger partial charge on any atom is -0.506 e. The molecular formula is C10H16N2O3. The monoisotopic (exact) mass is 212 g/mol. The number of nitrogens with one attached hydrogen (secondary N) is 1. The molecule has 15 heavy (non-hydrogen) atoms. The van der Waals surface area contributed by atoms with Crippen molar-refractivity contribution < 1.29 is 15.3 Å². The number of aromatic hydroxyl groups is 1. The van der Waals surface area contributed by atoms with E-state index in [1.54, 1.807) is 19.1 Å². The van der Waals surface area contributed by atoms with Crippen molar-refractivity contribution in [1.29, 1.82) is 0 Å². The van der Waals surface area contributed by atoms with Crippen molar-refractivity contribution in [1.82, 2.24) is 10.3 Å². The second-order valence-corrected chi connectivity index (χ2v) is 3.74. The van der Waals surface area contributed by atoms with Crippen LogP contribution in [0.15, 0.2) is 18.3 Å². The Balaban J connectivity index is 2.53. The molecule has 5 nitrogen and oxygen atoms in total. The van der Waals surface area contributed by atoms with Crippen LogP contribution in [0.4, 0.5) is 0 Å². The van der Waals surface area contributed by atoms with Gasteiger partial charge in [0.1, 0.15) is 5.75 Å². The van der Waals surface area contributed by atoms with Gasteiger partial charge in [0.2, 0.25) is 0 Å². The van der Waals surface area contributed by atoms with Gasteiger partial charge >= 0.3 is 0 Å². The van der Waals surface area contributed by atoms with Gasteiger partial charge in [0.05, 0.1) is 30.6 Å². The maximum absolute atomic E-state index is 9.02. The van der Waals surface area contributed by atoms with Crippen LogP contribution < -0.4 is 5.32 Å². The lowest BCUT2D eigenvalue weighted by Crippen LogP contribution is -2.48. The largest absolute Gasteiger partial charge is 0.506 e. The Hall–Kier alpha value is -1.17. The first-order chi connectivity index (χ1) is 7.09. The minimum atomic E-state index is -0.709.